The number of anilines is 1. The number of aryl methyl sites for hydroxylation is 1. The molecule has 0 spiro atoms. The van der Waals surface area contributed by atoms with Crippen LogP contribution in [0.25, 0.3) is 0 Å². The number of pyridine rings is 1. The third kappa shape index (κ3) is 3.34. The molecule has 3 rings (SSSR count). The first-order valence-electron chi connectivity index (χ1n) is 7.48. The quantitative estimate of drug-likeness (QED) is 0.777. The van der Waals surface area contributed by atoms with E-state index in [0.717, 1.165) is 11.5 Å². The van der Waals surface area contributed by atoms with E-state index in [1.165, 1.54) is 11.1 Å². The van der Waals surface area contributed by atoms with Gasteiger partial charge in [0.25, 0.3) is 0 Å². The number of benzene rings is 1. The van der Waals surface area contributed by atoms with Gasteiger partial charge in [-0.15, -0.1) is 0 Å². The first-order valence-corrected chi connectivity index (χ1v) is 7.48. The van der Waals surface area contributed by atoms with E-state index in [0.29, 0.717) is 6.54 Å². The highest BCUT2D eigenvalue weighted by molar-refractivity contribution is 5.34. The molecular weight excluding hydrogens is 272 g/mol. The third-order valence-corrected chi connectivity index (χ3v) is 3.71. The Labute approximate surface area is 130 Å². The Hall–Kier alpha value is -2.62. The van der Waals surface area contributed by atoms with Crippen molar-refractivity contribution in [3.63, 3.8) is 0 Å². The van der Waals surface area contributed by atoms with Crippen molar-refractivity contribution >= 4 is 5.82 Å². The van der Waals surface area contributed by atoms with Gasteiger partial charge in [-0.3, -0.25) is 9.67 Å². The van der Waals surface area contributed by atoms with Gasteiger partial charge in [0.15, 0.2) is 0 Å². The summed E-state index contributed by atoms with van der Waals surface area (Å²) in [5.74, 6) is 0.866. The molecule has 0 unspecified atom stereocenters. The van der Waals surface area contributed by atoms with Crippen molar-refractivity contribution in [3.8, 4) is 0 Å². The number of rotatable bonds is 5. The molecule has 0 amide bonds. The van der Waals surface area contributed by atoms with Crippen molar-refractivity contribution in [3.05, 3.63) is 77.7 Å². The number of nitrogens with one attached hydrogen (secondary N) is 1. The molecule has 4 nitrogen and oxygen atoms in total. The van der Waals surface area contributed by atoms with Crippen LogP contribution in [0.4, 0.5) is 5.82 Å². The smallest absolute Gasteiger partial charge is 0.148 e. The van der Waals surface area contributed by atoms with Gasteiger partial charge in [0.05, 0.1) is 18.3 Å². The molecular formula is C18H20N4. The van der Waals surface area contributed by atoms with E-state index in [-0.39, 0.29) is 6.04 Å². The van der Waals surface area contributed by atoms with Gasteiger partial charge in [-0.05, 0) is 31.0 Å². The Morgan fingerprint density at radius 1 is 1.09 bits per heavy atom. The molecule has 3 aromatic rings. The van der Waals surface area contributed by atoms with E-state index >= 15 is 0 Å². The Kier molecular flexibility index (Phi) is 4.19. The molecule has 112 valence electrons. The second-order valence-corrected chi connectivity index (χ2v) is 5.45. The van der Waals surface area contributed by atoms with E-state index in [1.807, 2.05) is 42.2 Å². The van der Waals surface area contributed by atoms with E-state index in [9.17, 15) is 0 Å². The average molecular weight is 292 g/mol. The minimum absolute atomic E-state index is 0.217. The predicted octanol–water partition coefficient (Wildman–Crippen LogP) is 3.81. The van der Waals surface area contributed by atoms with Gasteiger partial charge < -0.3 is 5.32 Å². The maximum atomic E-state index is 4.60. The zero-order valence-electron chi connectivity index (χ0n) is 12.9. The summed E-state index contributed by atoms with van der Waals surface area (Å²) in [6, 6.07) is 16.7. The van der Waals surface area contributed by atoms with Gasteiger partial charge in [-0.25, -0.2) is 0 Å². The van der Waals surface area contributed by atoms with E-state index in [1.54, 1.807) is 0 Å². The summed E-state index contributed by atoms with van der Waals surface area (Å²) < 4.78 is 1.97. The molecule has 1 N–H and O–H groups in total. The molecule has 1 atom stereocenters. The predicted molar refractivity (Wildman–Crippen MR) is 88.8 cm³/mol. The molecule has 22 heavy (non-hydrogen) atoms. The highest BCUT2D eigenvalue weighted by Gasteiger charge is 2.08. The van der Waals surface area contributed by atoms with Crippen molar-refractivity contribution < 1.29 is 0 Å². The summed E-state index contributed by atoms with van der Waals surface area (Å²) >= 11 is 0. The van der Waals surface area contributed by atoms with Crippen LogP contribution in [0.2, 0.25) is 0 Å². The summed E-state index contributed by atoms with van der Waals surface area (Å²) in [7, 11) is 0. The van der Waals surface area contributed by atoms with E-state index < -0.39 is 0 Å². The second-order valence-electron chi connectivity index (χ2n) is 5.45. The Morgan fingerprint density at radius 3 is 2.64 bits per heavy atom. The zero-order valence-corrected chi connectivity index (χ0v) is 12.9. The van der Waals surface area contributed by atoms with Crippen LogP contribution in [0.1, 0.15) is 29.8 Å². The van der Waals surface area contributed by atoms with Crippen LogP contribution < -0.4 is 5.32 Å². The summed E-state index contributed by atoms with van der Waals surface area (Å²) in [4.78, 5) is 4.39. The molecule has 0 radical (unpaired) electrons. The van der Waals surface area contributed by atoms with Crippen LogP contribution in [0.3, 0.4) is 0 Å². The highest BCUT2D eigenvalue weighted by atomic mass is 15.3. The van der Waals surface area contributed by atoms with E-state index in [4.69, 9.17) is 0 Å². The van der Waals surface area contributed by atoms with Gasteiger partial charge in [0.1, 0.15) is 5.82 Å². The lowest BCUT2D eigenvalue weighted by molar-refractivity contribution is 0.566. The molecule has 0 aliphatic rings. The van der Waals surface area contributed by atoms with Crippen LogP contribution in [0.15, 0.2) is 60.9 Å². The molecule has 0 saturated carbocycles. The average Bonchev–Trinajstić information content (AvgIpc) is 3.03. The van der Waals surface area contributed by atoms with Gasteiger partial charge >= 0.3 is 0 Å². The Balaban J connectivity index is 1.65. The maximum Gasteiger partial charge on any atom is 0.148 e. The summed E-state index contributed by atoms with van der Waals surface area (Å²) in [6.07, 6.45) is 3.88. The Morgan fingerprint density at radius 2 is 1.91 bits per heavy atom. The molecule has 0 bridgehead atoms. The highest BCUT2D eigenvalue weighted by Crippen LogP contribution is 2.18. The first-order chi connectivity index (χ1) is 10.7. The molecule has 0 aliphatic carbocycles. The molecule has 0 fully saturated rings. The van der Waals surface area contributed by atoms with Gasteiger partial charge in [-0.2, -0.15) is 5.10 Å². The SMILES string of the molecule is Cc1ccc(CNc2ccn([C@@H](C)c3ccccc3)n2)nc1. The topological polar surface area (TPSA) is 42.7 Å². The van der Waals surface area contributed by atoms with Gasteiger partial charge in [0, 0.05) is 18.5 Å². The minimum Gasteiger partial charge on any atom is -0.363 e. The first kappa shape index (κ1) is 14.3. The summed E-state index contributed by atoms with van der Waals surface area (Å²) in [5.41, 5.74) is 3.43. The molecule has 4 heteroatoms. The van der Waals surface area contributed by atoms with Crippen molar-refractivity contribution in [1.82, 2.24) is 14.8 Å². The lowest BCUT2D eigenvalue weighted by atomic mass is 10.1. The van der Waals surface area contributed by atoms with Crippen LogP contribution in [-0.2, 0) is 6.54 Å². The third-order valence-electron chi connectivity index (χ3n) is 3.71. The molecule has 0 aliphatic heterocycles. The van der Waals surface area contributed by atoms with Gasteiger partial charge in [0.2, 0.25) is 0 Å². The standard InChI is InChI=1S/C18H20N4/c1-14-8-9-17(19-12-14)13-20-18-10-11-22(21-18)15(2)16-6-4-3-5-7-16/h3-12,15H,13H2,1-2H3,(H,20,21)/t15-/m0/s1. The zero-order chi connectivity index (χ0) is 15.4. The molecule has 1 aromatic carbocycles. The van der Waals surface area contributed by atoms with Crippen LogP contribution in [0, 0.1) is 6.92 Å². The monoisotopic (exact) mass is 292 g/mol. The van der Waals surface area contributed by atoms with Crippen molar-refractivity contribution in [2.45, 2.75) is 26.4 Å². The number of aromatic nitrogens is 3. The van der Waals surface area contributed by atoms with Crippen molar-refractivity contribution in [1.29, 1.82) is 0 Å². The summed E-state index contributed by atoms with van der Waals surface area (Å²) in [5, 5.41) is 7.91. The second kappa shape index (κ2) is 6.43. The maximum absolute atomic E-state index is 4.60. The van der Waals surface area contributed by atoms with Gasteiger partial charge in [-0.1, -0.05) is 36.4 Å². The number of hydrogen-bond donors (Lipinski definition) is 1. The van der Waals surface area contributed by atoms with Crippen LogP contribution in [0.5, 0.6) is 0 Å². The lowest BCUT2D eigenvalue weighted by Crippen LogP contribution is -2.08. The fourth-order valence-electron chi connectivity index (χ4n) is 2.32. The minimum atomic E-state index is 0.217. The van der Waals surface area contributed by atoms with E-state index in [2.05, 4.69) is 52.7 Å². The van der Waals surface area contributed by atoms with Crippen LogP contribution in [-0.4, -0.2) is 14.8 Å². The molecule has 2 heterocycles. The number of nitrogens with zero attached hydrogens (tertiary/aromatic N) is 3. The fourth-order valence-corrected chi connectivity index (χ4v) is 2.32. The lowest BCUT2D eigenvalue weighted by Gasteiger charge is -2.12. The van der Waals surface area contributed by atoms with Crippen molar-refractivity contribution in [2.75, 3.05) is 5.32 Å². The Bertz CT molecular complexity index is 716. The van der Waals surface area contributed by atoms with Crippen molar-refractivity contribution in [2.24, 2.45) is 0 Å². The normalized spacial score (nSPS) is 12.1. The van der Waals surface area contributed by atoms with Crippen LogP contribution >= 0.6 is 0 Å². The molecule has 0 saturated heterocycles. The summed E-state index contributed by atoms with van der Waals surface area (Å²) in [6.45, 7) is 4.86. The fraction of sp³-hybridized carbons (Fsp3) is 0.222. The number of hydrogen-bond acceptors (Lipinski definition) is 3. The largest absolute Gasteiger partial charge is 0.363 e. The molecule has 2 aromatic heterocycles.